The van der Waals surface area contributed by atoms with Gasteiger partial charge >= 0.3 is 5.69 Å². The lowest BCUT2D eigenvalue weighted by Crippen LogP contribution is -2.49. The van der Waals surface area contributed by atoms with E-state index in [4.69, 9.17) is 0 Å². The van der Waals surface area contributed by atoms with Crippen molar-refractivity contribution >= 4 is 11.6 Å². The molecule has 0 unspecified atom stereocenters. The average molecular weight is 378 g/mol. The van der Waals surface area contributed by atoms with Gasteiger partial charge in [0.1, 0.15) is 5.82 Å². The van der Waals surface area contributed by atoms with Gasteiger partial charge < -0.3 is 9.80 Å². The van der Waals surface area contributed by atoms with Gasteiger partial charge in [-0.15, -0.1) is 10.2 Å². The third-order valence-corrected chi connectivity index (χ3v) is 5.15. The fourth-order valence-corrected chi connectivity index (χ4v) is 3.45. The Bertz CT molecular complexity index is 1080. The predicted molar refractivity (Wildman–Crippen MR) is 109 cm³/mol. The molecule has 0 bridgehead atoms. The SMILES string of the molecule is Cn1c(N2CCN(c3ccc(-c4ccccc4)nn3)CC2)cc(=O)n(C)c1=O. The van der Waals surface area contributed by atoms with Crippen molar-refractivity contribution < 1.29 is 0 Å². The summed E-state index contributed by atoms with van der Waals surface area (Å²) in [5.41, 5.74) is 1.28. The zero-order chi connectivity index (χ0) is 19.7. The number of benzene rings is 1. The van der Waals surface area contributed by atoms with Crippen molar-refractivity contribution in [3.8, 4) is 11.3 Å². The van der Waals surface area contributed by atoms with Crippen LogP contribution in [0.15, 0.2) is 58.1 Å². The molecule has 1 aliphatic heterocycles. The number of rotatable bonds is 3. The number of anilines is 2. The molecule has 0 radical (unpaired) electrons. The predicted octanol–water partition coefficient (Wildman–Crippen LogP) is 0.868. The summed E-state index contributed by atoms with van der Waals surface area (Å²) in [4.78, 5) is 28.4. The number of hydrogen-bond acceptors (Lipinski definition) is 6. The summed E-state index contributed by atoms with van der Waals surface area (Å²) in [5, 5.41) is 8.74. The molecule has 0 aliphatic carbocycles. The molecular weight excluding hydrogens is 356 g/mol. The second kappa shape index (κ2) is 7.30. The molecule has 1 fully saturated rings. The summed E-state index contributed by atoms with van der Waals surface area (Å²) in [6.07, 6.45) is 0. The highest BCUT2D eigenvalue weighted by molar-refractivity contribution is 5.59. The van der Waals surface area contributed by atoms with Gasteiger partial charge in [0.25, 0.3) is 5.56 Å². The standard InChI is InChI=1S/C20H22N6O2/c1-23-18(14-19(27)24(2)20(23)28)26-12-10-25(11-13-26)17-9-8-16(21-22-17)15-6-4-3-5-7-15/h3-9,14H,10-13H2,1-2H3. The van der Waals surface area contributed by atoms with Crippen LogP contribution >= 0.6 is 0 Å². The van der Waals surface area contributed by atoms with Gasteiger partial charge in [-0.3, -0.25) is 13.9 Å². The normalized spacial score (nSPS) is 14.4. The van der Waals surface area contributed by atoms with Crippen LogP contribution in [0.1, 0.15) is 0 Å². The first-order valence-electron chi connectivity index (χ1n) is 9.21. The molecule has 8 nitrogen and oxygen atoms in total. The Hall–Kier alpha value is -3.42. The molecule has 4 rings (SSSR count). The fourth-order valence-electron chi connectivity index (χ4n) is 3.45. The lowest BCUT2D eigenvalue weighted by Gasteiger charge is -2.36. The molecule has 28 heavy (non-hydrogen) atoms. The summed E-state index contributed by atoms with van der Waals surface area (Å²) < 4.78 is 2.63. The Labute approximate surface area is 162 Å². The van der Waals surface area contributed by atoms with Crippen molar-refractivity contribution in [1.82, 2.24) is 19.3 Å². The zero-order valence-electron chi connectivity index (χ0n) is 15.9. The van der Waals surface area contributed by atoms with Gasteiger partial charge in [0.15, 0.2) is 5.82 Å². The van der Waals surface area contributed by atoms with E-state index in [9.17, 15) is 9.59 Å². The third-order valence-electron chi connectivity index (χ3n) is 5.15. The molecule has 1 aliphatic rings. The Morgan fingerprint density at radius 2 is 1.46 bits per heavy atom. The summed E-state index contributed by atoms with van der Waals surface area (Å²) in [6.45, 7) is 2.87. The molecule has 0 amide bonds. The fraction of sp³-hybridized carbons (Fsp3) is 0.300. The molecule has 3 heterocycles. The van der Waals surface area contributed by atoms with Crippen molar-refractivity contribution in [2.24, 2.45) is 14.1 Å². The molecule has 2 aromatic heterocycles. The lowest BCUT2D eigenvalue weighted by atomic mass is 10.1. The van der Waals surface area contributed by atoms with E-state index in [0.717, 1.165) is 34.7 Å². The van der Waals surface area contributed by atoms with Crippen molar-refractivity contribution in [2.45, 2.75) is 0 Å². The molecule has 3 aromatic rings. The first kappa shape index (κ1) is 18.0. The minimum atomic E-state index is -0.313. The molecule has 8 heteroatoms. The second-order valence-corrected chi connectivity index (χ2v) is 6.86. The van der Waals surface area contributed by atoms with Crippen LogP contribution in [0, 0.1) is 0 Å². The van der Waals surface area contributed by atoms with Crippen molar-refractivity contribution in [2.75, 3.05) is 36.0 Å². The van der Waals surface area contributed by atoms with Crippen molar-refractivity contribution in [1.29, 1.82) is 0 Å². The van der Waals surface area contributed by atoms with E-state index in [-0.39, 0.29) is 11.2 Å². The van der Waals surface area contributed by atoms with E-state index in [0.29, 0.717) is 18.9 Å². The summed E-state index contributed by atoms with van der Waals surface area (Å²) >= 11 is 0. The van der Waals surface area contributed by atoms with Crippen LogP contribution in [0.3, 0.4) is 0 Å². The van der Waals surface area contributed by atoms with Gasteiger partial charge in [0.2, 0.25) is 0 Å². The maximum Gasteiger partial charge on any atom is 0.332 e. The quantitative estimate of drug-likeness (QED) is 0.673. The molecular formula is C20H22N6O2. The van der Waals surface area contributed by atoms with E-state index in [1.54, 1.807) is 7.05 Å². The van der Waals surface area contributed by atoms with Gasteiger partial charge in [-0.1, -0.05) is 30.3 Å². The van der Waals surface area contributed by atoms with Gasteiger partial charge in [-0.2, -0.15) is 0 Å². The summed E-state index contributed by atoms with van der Waals surface area (Å²) in [7, 11) is 3.18. The number of aromatic nitrogens is 4. The van der Waals surface area contributed by atoms with Gasteiger partial charge in [-0.25, -0.2) is 4.79 Å². The van der Waals surface area contributed by atoms with Gasteiger partial charge in [0.05, 0.1) is 5.69 Å². The first-order chi connectivity index (χ1) is 13.5. The van der Waals surface area contributed by atoms with Crippen molar-refractivity contribution in [3.05, 3.63) is 69.4 Å². The van der Waals surface area contributed by atoms with E-state index >= 15 is 0 Å². The topological polar surface area (TPSA) is 76.3 Å². The van der Waals surface area contributed by atoms with E-state index < -0.39 is 0 Å². The summed E-state index contributed by atoms with van der Waals surface area (Å²) in [6, 6.07) is 15.4. The van der Waals surface area contributed by atoms with E-state index in [1.807, 2.05) is 42.5 Å². The Balaban J connectivity index is 1.48. The third kappa shape index (κ3) is 3.28. The van der Waals surface area contributed by atoms with Gasteiger partial charge in [0, 0.05) is 51.9 Å². The Morgan fingerprint density at radius 3 is 2.11 bits per heavy atom. The smallest absolute Gasteiger partial charge is 0.332 e. The lowest BCUT2D eigenvalue weighted by molar-refractivity contribution is 0.605. The molecule has 144 valence electrons. The van der Waals surface area contributed by atoms with E-state index in [2.05, 4.69) is 20.0 Å². The summed E-state index contributed by atoms with van der Waals surface area (Å²) in [5.74, 6) is 1.48. The number of hydrogen-bond donors (Lipinski definition) is 0. The zero-order valence-corrected chi connectivity index (χ0v) is 15.9. The molecule has 1 saturated heterocycles. The highest BCUT2D eigenvalue weighted by Crippen LogP contribution is 2.20. The van der Waals surface area contributed by atoms with Crippen LogP contribution in [0.2, 0.25) is 0 Å². The Morgan fingerprint density at radius 1 is 0.786 bits per heavy atom. The second-order valence-electron chi connectivity index (χ2n) is 6.86. The maximum atomic E-state index is 12.2. The first-order valence-corrected chi connectivity index (χ1v) is 9.21. The van der Waals surface area contributed by atoms with Crippen LogP contribution < -0.4 is 21.0 Å². The van der Waals surface area contributed by atoms with Crippen LogP contribution in [0.4, 0.5) is 11.6 Å². The Kier molecular flexibility index (Phi) is 4.68. The van der Waals surface area contributed by atoms with Gasteiger partial charge in [-0.05, 0) is 12.1 Å². The largest absolute Gasteiger partial charge is 0.354 e. The highest BCUT2D eigenvalue weighted by Gasteiger charge is 2.21. The molecule has 0 N–H and O–H groups in total. The number of nitrogens with zero attached hydrogens (tertiary/aromatic N) is 6. The average Bonchev–Trinajstić information content (AvgIpc) is 2.76. The van der Waals surface area contributed by atoms with Crippen LogP contribution in [-0.4, -0.2) is 45.5 Å². The van der Waals surface area contributed by atoms with E-state index in [1.165, 1.54) is 17.7 Å². The van der Waals surface area contributed by atoms with Crippen LogP contribution in [0.5, 0.6) is 0 Å². The minimum Gasteiger partial charge on any atom is -0.354 e. The number of piperazine rings is 1. The molecule has 0 spiro atoms. The molecule has 1 aromatic carbocycles. The highest BCUT2D eigenvalue weighted by atomic mass is 16.2. The monoisotopic (exact) mass is 378 g/mol. The van der Waals surface area contributed by atoms with Crippen molar-refractivity contribution in [3.63, 3.8) is 0 Å². The minimum absolute atomic E-state index is 0.289. The molecule has 0 saturated carbocycles. The van der Waals surface area contributed by atoms with Crippen LogP contribution in [0.25, 0.3) is 11.3 Å². The van der Waals surface area contributed by atoms with Crippen LogP contribution in [-0.2, 0) is 14.1 Å². The maximum absolute atomic E-state index is 12.2. The molecule has 0 atom stereocenters.